The minimum atomic E-state index is -0.209. The SMILES string of the molecule is C=Cc1ccc(NCC(C)(C)c2ccc(F)cc2)nc1.CC(C)(CNc1ccc(Br)cn1)c1ccc(F)cc1. The van der Waals surface area contributed by atoms with Gasteiger partial charge >= 0.3 is 0 Å². The third kappa shape index (κ3) is 9.29. The Labute approximate surface area is 238 Å². The van der Waals surface area contributed by atoms with Gasteiger partial charge in [0.25, 0.3) is 0 Å². The van der Waals surface area contributed by atoms with Gasteiger partial charge in [-0.1, -0.05) is 64.6 Å². The van der Waals surface area contributed by atoms with E-state index in [0.29, 0.717) is 0 Å². The largest absolute Gasteiger partial charge is 0.369 e. The van der Waals surface area contributed by atoms with Crippen molar-refractivity contribution in [3.8, 4) is 0 Å². The predicted molar refractivity (Wildman–Crippen MR) is 162 cm³/mol. The highest BCUT2D eigenvalue weighted by Crippen LogP contribution is 2.25. The van der Waals surface area contributed by atoms with Gasteiger partial charge in [-0.05, 0) is 81.2 Å². The lowest BCUT2D eigenvalue weighted by Crippen LogP contribution is -2.27. The Morgan fingerprint density at radius 1 is 0.692 bits per heavy atom. The number of hydrogen-bond acceptors (Lipinski definition) is 4. The second-order valence-electron chi connectivity index (χ2n) is 10.5. The molecular formula is C32H35BrF2N4. The van der Waals surface area contributed by atoms with Crippen molar-refractivity contribution in [2.24, 2.45) is 0 Å². The van der Waals surface area contributed by atoms with E-state index in [1.165, 1.54) is 24.3 Å². The molecule has 0 aliphatic rings. The van der Waals surface area contributed by atoms with Crippen LogP contribution in [0.1, 0.15) is 44.4 Å². The van der Waals surface area contributed by atoms with Crippen LogP contribution in [0.3, 0.4) is 0 Å². The van der Waals surface area contributed by atoms with Crippen LogP contribution in [0.2, 0.25) is 0 Å². The molecule has 0 unspecified atom stereocenters. The zero-order chi connectivity index (χ0) is 28.5. The summed E-state index contributed by atoms with van der Waals surface area (Å²) in [6.07, 6.45) is 5.30. The molecule has 0 aliphatic carbocycles. The normalized spacial score (nSPS) is 11.3. The van der Waals surface area contributed by atoms with Gasteiger partial charge in [0, 0.05) is 40.8 Å². The van der Waals surface area contributed by atoms with Crippen molar-refractivity contribution in [1.29, 1.82) is 0 Å². The highest BCUT2D eigenvalue weighted by atomic mass is 79.9. The van der Waals surface area contributed by atoms with Gasteiger partial charge in [0.15, 0.2) is 0 Å². The predicted octanol–water partition coefficient (Wildman–Crippen LogP) is 8.63. The molecule has 0 fully saturated rings. The molecule has 0 atom stereocenters. The second kappa shape index (κ2) is 13.5. The second-order valence-corrected chi connectivity index (χ2v) is 11.4. The van der Waals surface area contributed by atoms with E-state index in [-0.39, 0.29) is 22.5 Å². The van der Waals surface area contributed by atoms with Crippen LogP contribution in [0, 0.1) is 11.6 Å². The molecule has 0 spiro atoms. The lowest BCUT2D eigenvalue weighted by molar-refractivity contribution is 0.552. The first-order chi connectivity index (χ1) is 18.5. The van der Waals surface area contributed by atoms with Gasteiger partial charge in [0.1, 0.15) is 23.3 Å². The van der Waals surface area contributed by atoms with Crippen LogP contribution in [0.4, 0.5) is 20.4 Å². The third-order valence-corrected chi connectivity index (χ3v) is 6.89. The lowest BCUT2D eigenvalue weighted by Gasteiger charge is -2.26. The van der Waals surface area contributed by atoms with Gasteiger partial charge < -0.3 is 10.6 Å². The van der Waals surface area contributed by atoms with Gasteiger partial charge in [-0.25, -0.2) is 18.7 Å². The van der Waals surface area contributed by atoms with Crippen molar-refractivity contribution < 1.29 is 8.78 Å². The van der Waals surface area contributed by atoms with E-state index in [1.807, 2.05) is 48.5 Å². The molecular weight excluding hydrogens is 558 g/mol. The molecule has 4 aromatic rings. The summed E-state index contributed by atoms with van der Waals surface area (Å²) in [5.41, 5.74) is 2.98. The van der Waals surface area contributed by atoms with Crippen molar-refractivity contribution in [1.82, 2.24) is 9.97 Å². The minimum Gasteiger partial charge on any atom is -0.369 e. The molecule has 2 aromatic carbocycles. The van der Waals surface area contributed by atoms with Crippen LogP contribution in [-0.4, -0.2) is 23.1 Å². The van der Waals surface area contributed by atoms with Crippen LogP contribution < -0.4 is 10.6 Å². The summed E-state index contributed by atoms with van der Waals surface area (Å²) >= 11 is 3.35. The fourth-order valence-electron chi connectivity index (χ4n) is 3.74. The lowest BCUT2D eigenvalue weighted by atomic mass is 9.84. The third-order valence-electron chi connectivity index (χ3n) is 6.42. The summed E-state index contributed by atoms with van der Waals surface area (Å²) in [5, 5.41) is 6.61. The minimum absolute atomic E-state index is 0.0948. The number of benzene rings is 2. The number of anilines is 2. The smallest absolute Gasteiger partial charge is 0.125 e. The first-order valence-corrected chi connectivity index (χ1v) is 13.5. The van der Waals surface area contributed by atoms with E-state index < -0.39 is 0 Å². The molecule has 39 heavy (non-hydrogen) atoms. The Morgan fingerprint density at radius 3 is 1.49 bits per heavy atom. The van der Waals surface area contributed by atoms with Crippen molar-refractivity contribution in [2.45, 2.75) is 38.5 Å². The molecule has 0 saturated heterocycles. The van der Waals surface area contributed by atoms with Crippen LogP contribution >= 0.6 is 15.9 Å². The summed E-state index contributed by atoms with van der Waals surface area (Å²) in [6.45, 7) is 13.6. The molecule has 0 radical (unpaired) electrons. The monoisotopic (exact) mass is 592 g/mol. The van der Waals surface area contributed by atoms with Crippen LogP contribution in [0.25, 0.3) is 6.08 Å². The van der Waals surface area contributed by atoms with E-state index in [2.05, 4.69) is 70.8 Å². The molecule has 204 valence electrons. The van der Waals surface area contributed by atoms with Crippen LogP contribution in [0.15, 0.2) is 96.2 Å². The van der Waals surface area contributed by atoms with Crippen LogP contribution in [-0.2, 0) is 10.8 Å². The topological polar surface area (TPSA) is 49.8 Å². The van der Waals surface area contributed by atoms with E-state index in [0.717, 1.165) is 45.9 Å². The number of aromatic nitrogens is 2. The number of rotatable bonds is 9. The number of nitrogens with one attached hydrogen (secondary N) is 2. The summed E-state index contributed by atoms with van der Waals surface area (Å²) in [7, 11) is 0. The van der Waals surface area contributed by atoms with E-state index in [4.69, 9.17) is 0 Å². The Morgan fingerprint density at radius 2 is 1.13 bits per heavy atom. The maximum atomic E-state index is 13.0. The van der Waals surface area contributed by atoms with E-state index in [9.17, 15) is 8.78 Å². The quantitative estimate of drug-likeness (QED) is 0.204. The molecule has 0 amide bonds. The summed E-state index contributed by atoms with van der Waals surface area (Å²) < 4.78 is 26.9. The molecule has 2 N–H and O–H groups in total. The Balaban J connectivity index is 0.000000216. The Bertz CT molecular complexity index is 1320. The highest BCUT2D eigenvalue weighted by Gasteiger charge is 2.21. The van der Waals surface area contributed by atoms with Crippen molar-refractivity contribution in [3.05, 3.63) is 125 Å². The van der Waals surface area contributed by atoms with E-state index in [1.54, 1.807) is 18.5 Å². The zero-order valence-corrected chi connectivity index (χ0v) is 24.4. The number of nitrogens with zero attached hydrogens (tertiary/aromatic N) is 2. The van der Waals surface area contributed by atoms with Crippen LogP contribution in [0.5, 0.6) is 0 Å². The number of hydrogen-bond donors (Lipinski definition) is 2. The van der Waals surface area contributed by atoms with Gasteiger partial charge in [-0.3, -0.25) is 0 Å². The van der Waals surface area contributed by atoms with Crippen molar-refractivity contribution >= 4 is 33.6 Å². The Hall–Kier alpha value is -3.58. The average molecular weight is 594 g/mol. The Kier molecular flexibility index (Phi) is 10.4. The zero-order valence-electron chi connectivity index (χ0n) is 22.8. The molecule has 4 rings (SSSR count). The average Bonchev–Trinajstić information content (AvgIpc) is 2.93. The maximum absolute atomic E-state index is 13.0. The summed E-state index contributed by atoms with van der Waals surface area (Å²) in [4.78, 5) is 8.59. The molecule has 4 nitrogen and oxygen atoms in total. The van der Waals surface area contributed by atoms with Gasteiger partial charge in [-0.2, -0.15) is 0 Å². The molecule has 2 heterocycles. The fraction of sp³-hybridized carbons (Fsp3) is 0.250. The molecule has 2 aromatic heterocycles. The number of halogens is 3. The van der Waals surface area contributed by atoms with E-state index >= 15 is 0 Å². The van der Waals surface area contributed by atoms with Crippen molar-refractivity contribution in [3.63, 3.8) is 0 Å². The fourth-order valence-corrected chi connectivity index (χ4v) is 3.97. The highest BCUT2D eigenvalue weighted by molar-refractivity contribution is 9.10. The van der Waals surface area contributed by atoms with Crippen molar-refractivity contribution in [2.75, 3.05) is 23.7 Å². The first kappa shape index (κ1) is 30.0. The molecule has 0 bridgehead atoms. The van der Waals surface area contributed by atoms with Gasteiger partial charge in [-0.15, -0.1) is 0 Å². The van der Waals surface area contributed by atoms with Gasteiger partial charge in [0.2, 0.25) is 0 Å². The molecule has 0 saturated carbocycles. The first-order valence-electron chi connectivity index (χ1n) is 12.7. The summed E-state index contributed by atoms with van der Waals surface area (Å²) in [5.74, 6) is 1.24. The van der Waals surface area contributed by atoms with Gasteiger partial charge in [0.05, 0.1) is 0 Å². The number of pyridine rings is 2. The molecule has 0 aliphatic heterocycles. The summed E-state index contributed by atoms with van der Waals surface area (Å²) in [6, 6.07) is 21.0. The maximum Gasteiger partial charge on any atom is 0.125 e. The standard InChI is InChI=1S/C17H19FN2.C15H16BrFN2/c1-4-13-5-10-16(19-11-13)20-12-17(2,3)14-6-8-15(18)9-7-14;1-15(2,11-3-6-13(17)7-4-11)10-19-14-8-5-12(16)9-18-14/h4-11H,1,12H2,2-3H3,(H,19,20);3-9H,10H2,1-2H3,(H,18,19). The molecule has 7 heteroatoms.